The Morgan fingerprint density at radius 1 is 1.18 bits per heavy atom. The standard InChI is InChI=1S/C24H24N2OS/c1-15-12-19(27-2)21(22-18-8-11-28-20(18)13-26-23(15)22)16-4-6-17(7-5-16)24(14-25)9-3-10-24/h4-8,11-13H,3,9-10,14,25H2,1-2H3. The van der Waals surface area contributed by atoms with Crippen molar-refractivity contribution in [1.82, 2.24) is 4.98 Å². The molecule has 2 heterocycles. The summed E-state index contributed by atoms with van der Waals surface area (Å²) in [5.74, 6) is 0.899. The van der Waals surface area contributed by atoms with E-state index >= 15 is 0 Å². The van der Waals surface area contributed by atoms with Gasteiger partial charge in [0.15, 0.2) is 0 Å². The third kappa shape index (κ3) is 2.48. The Hall–Kier alpha value is -2.43. The maximum Gasteiger partial charge on any atom is 0.127 e. The van der Waals surface area contributed by atoms with Gasteiger partial charge in [-0.2, -0.15) is 0 Å². The summed E-state index contributed by atoms with van der Waals surface area (Å²) < 4.78 is 7.02. The number of thiophene rings is 1. The zero-order valence-corrected chi connectivity index (χ0v) is 17.1. The van der Waals surface area contributed by atoms with Crippen molar-refractivity contribution in [2.24, 2.45) is 5.73 Å². The van der Waals surface area contributed by atoms with Crippen LogP contribution in [0, 0.1) is 6.92 Å². The van der Waals surface area contributed by atoms with E-state index in [-0.39, 0.29) is 5.41 Å². The predicted octanol–water partition coefficient (Wildman–Crippen LogP) is 5.81. The normalized spacial score (nSPS) is 15.7. The van der Waals surface area contributed by atoms with E-state index in [9.17, 15) is 0 Å². The molecule has 0 bridgehead atoms. The van der Waals surface area contributed by atoms with Crippen molar-refractivity contribution in [3.05, 3.63) is 59.1 Å². The minimum atomic E-state index is 0.181. The zero-order valence-electron chi connectivity index (χ0n) is 16.3. The van der Waals surface area contributed by atoms with Gasteiger partial charge in [0, 0.05) is 34.5 Å². The van der Waals surface area contributed by atoms with E-state index < -0.39 is 0 Å². The average molecular weight is 389 g/mol. The molecular weight excluding hydrogens is 364 g/mol. The average Bonchev–Trinajstić information content (AvgIpc) is 3.17. The Bertz CT molecular complexity index is 1170. The summed E-state index contributed by atoms with van der Waals surface area (Å²) in [6, 6.07) is 13.3. The molecule has 4 aromatic rings. The van der Waals surface area contributed by atoms with Gasteiger partial charge in [-0.3, -0.25) is 4.98 Å². The number of ether oxygens (including phenoxy) is 1. The minimum absolute atomic E-state index is 0.181. The Morgan fingerprint density at radius 3 is 2.61 bits per heavy atom. The van der Waals surface area contributed by atoms with Crippen molar-refractivity contribution in [1.29, 1.82) is 0 Å². The molecule has 0 atom stereocenters. The van der Waals surface area contributed by atoms with Crippen LogP contribution >= 0.6 is 11.3 Å². The van der Waals surface area contributed by atoms with Crippen molar-refractivity contribution in [2.75, 3.05) is 13.7 Å². The maximum absolute atomic E-state index is 6.11. The van der Waals surface area contributed by atoms with Crippen LogP contribution in [0.4, 0.5) is 0 Å². The van der Waals surface area contributed by atoms with Crippen molar-refractivity contribution in [2.45, 2.75) is 31.6 Å². The summed E-state index contributed by atoms with van der Waals surface area (Å²) in [5, 5.41) is 4.56. The van der Waals surface area contributed by atoms with E-state index in [1.807, 2.05) is 6.20 Å². The number of aryl methyl sites for hydroxylation is 1. The monoisotopic (exact) mass is 388 g/mol. The first kappa shape index (κ1) is 17.7. The fraction of sp³-hybridized carbons (Fsp3) is 0.292. The summed E-state index contributed by atoms with van der Waals surface area (Å²) in [6.07, 6.45) is 5.64. The molecule has 3 nitrogen and oxygen atoms in total. The third-order valence-electron chi connectivity index (χ3n) is 6.44. The molecule has 2 N–H and O–H groups in total. The molecule has 0 aliphatic heterocycles. The highest BCUT2D eigenvalue weighted by molar-refractivity contribution is 7.17. The third-order valence-corrected chi connectivity index (χ3v) is 7.29. The van der Waals surface area contributed by atoms with Crippen LogP contribution in [0.3, 0.4) is 0 Å². The van der Waals surface area contributed by atoms with Gasteiger partial charge in [0.2, 0.25) is 0 Å². The first-order chi connectivity index (χ1) is 13.7. The molecule has 1 aliphatic carbocycles. The fourth-order valence-electron chi connectivity index (χ4n) is 4.61. The van der Waals surface area contributed by atoms with E-state index in [1.54, 1.807) is 18.4 Å². The highest BCUT2D eigenvalue weighted by Gasteiger charge is 2.37. The number of aromatic nitrogens is 1. The topological polar surface area (TPSA) is 48.1 Å². The molecule has 2 aromatic heterocycles. The Labute approximate surface area is 169 Å². The molecule has 4 heteroatoms. The lowest BCUT2D eigenvalue weighted by molar-refractivity contribution is 0.253. The van der Waals surface area contributed by atoms with Crippen LogP contribution in [0.5, 0.6) is 5.75 Å². The number of nitrogens with zero attached hydrogens (tertiary/aromatic N) is 1. The highest BCUT2D eigenvalue weighted by atomic mass is 32.1. The zero-order chi connectivity index (χ0) is 19.3. The van der Waals surface area contributed by atoms with Crippen molar-refractivity contribution >= 4 is 32.3 Å². The summed E-state index contributed by atoms with van der Waals surface area (Å²) in [4.78, 5) is 4.77. The fourth-order valence-corrected chi connectivity index (χ4v) is 5.37. The molecule has 1 fully saturated rings. The number of rotatable bonds is 4. The van der Waals surface area contributed by atoms with E-state index in [0.717, 1.165) is 34.5 Å². The number of benzene rings is 2. The molecule has 0 unspecified atom stereocenters. The first-order valence-electron chi connectivity index (χ1n) is 9.81. The second kappa shape index (κ2) is 6.57. The second-order valence-corrected chi connectivity index (χ2v) is 8.81. The van der Waals surface area contributed by atoms with Crippen molar-refractivity contribution in [3.63, 3.8) is 0 Å². The molecule has 142 valence electrons. The van der Waals surface area contributed by atoms with Gasteiger partial charge in [-0.15, -0.1) is 11.3 Å². The van der Waals surface area contributed by atoms with E-state index in [1.165, 1.54) is 40.3 Å². The van der Waals surface area contributed by atoms with E-state index in [4.69, 9.17) is 15.5 Å². The summed E-state index contributed by atoms with van der Waals surface area (Å²) in [7, 11) is 1.75. The van der Waals surface area contributed by atoms with Crippen molar-refractivity contribution < 1.29 is 4.74 Å². The maximum atomic E-state index is 6.11. The van der Waals surface area contributed by atoms with Gasteiger partial charge >= 0.3 is 0 Å². The summed E-state index contributed by atoms with van der Waals surface area (Å²) in [5.41, 5.74) is 12.1. The second-order valence-electron chi connectivity index (χ2n) is 7.87. The number of pyridine rings is 1. The largest absolute Gasteiger partial charge is 0.496 e. The molecule has 1 aliphatic rings. The van der Waals surface area contributed by atoms with Gasteiger partial charge in [-0.05, 0) is 54.0 Å². The molecule has 28 heavy (non-hydrogen) atoms. The smallest absolute Gasteiger partial charge is 0.127 e. The summed E-state index contributed by atoms with van der Waals surface area (Å²) in [6.45, 7) is 2.83. The van der Waals surface area contributed by atoms with Gasteiger partial charge in [-0.25, -0.2) is 0 Å². The van der Waals surface area contributed by atoms with Crippen LogP contribution in [0.25, 0.3) is 32.1 Å². The lowest BCUT2D eigenvalue weighted by Crippen LogP contribution is -2.41. The van der Waals surface area contributed by atoms with E-state index in [0.29, 0.717) is 0 Å². The number of hydrogen-bond donors (Lipinski definition) is 1. The van der Waals surface area contributed by atoms with E-state index in [2.05, 4.69) is 48.7 Å². The molecule has 0 saturated heterocycles. The molecule has 5 rings (SSSR count). The van der Waals surface area contributed by atoms with Gasteiger partial charge in [0.25, 0.3) is 0 Å². The molecule has 0 amide bonds. The minimum Gasteiger partial charge on any atom is -0.496 e. The summed E-state index contributed by atoms with van der Waals surface area (Å²) >= 11 is 1.73. The Morgan fingerprint density at radius 2 is 1.96 bits per heavy atom. The number of fused-ring (bicyclic) bond motifs is 3. The number of nitrogens with two attached hydrogens (primary N) is 1. The Kier molecular flexibility index (Phi) is 4.14. The van der Waals surface area contributed by atoms with Gasteiger partial charge in [-0.1, -0.05) is 30.7 Å². The number of hydrogen-bond acceptors (Lipinski definition) is 4. The number of methoxy groups -OCH3 is 1. The van der Waals surface area contributed by atoms with Crippen LogP contribution in [0.1, 0.15) is 30.4 Å². The highest BCUT2D eigenvalue weighted by Crippen LogP contribution is 2.45. The van der Waals surface area contributed by atoms with Crippen LogP contribution < -0.4 is 10.5 Å². The predicted molar refractivity (Wildman–Crippen MR) is 118 cm³/mol. The first-order valence-corrected chi connectivity index (χ1v) is 10.7. The molecule has 2 aromatic carbocycles. The SMILES string of the molecule is COc1cc(C)c2ncc3sccc3c2c1-c1ccc(C2(CN)CCC2)cc1. The van der Waals surface area contributed by atoms with Crippen LogP contribution in [0.2, 0.25) is 0 Å². The van der Waals surface area contributed by atoms with Crippen LogP contribution in [-0.2, 0) is 5.41 Å². The van der Waals surface area contributed by atoms with Crippen LogP contribution in [0.15, 0.2) is 48.0 Å². The molecule has 0 radical (unpaired) electrons. The van der Waals surface area contributed by atoms with Gasteiger partial charge in [0.1, 0.15) is 5.75 Å². The van der Waals surface area contributed by atoms with Gasteiger partial charge < -0.3 is 10.5 Å². The van der Waals surface area contributed by atoms with Crippen LogP contribution in [-0.4, -0.2) is 18.6 Å². The quantitative estimate of drug-likeness (QED) is 0.480. The molecule has 0 spiro atoms. The lowest BCUT2D eigenvalue weighted by atomic mass is 9.64. The van der Waals surface area contributed by atoms with Crippen molar-refractivity contribution in [3.8, 4) is 16.9 Å². The van der Waals surface area contributed by atoms with Gasteiger partial charge in [0.05, 0.1) is 17.3 Å². The molecular formula is C24H24N2OS. The lowest BCUT2D eigenvalue weighted by Gasteiger charge is -2.41. The molecule has 1 saturated carbocycles. The Balaban J connectivity index is 1.76.